The van der Waals surface area contributed by atoms with E-state index in [1.807, 2.05) is 30.3 Å². The predicted octanol–water partition coefficient (Wildman–Crippen LogP) is 3.81. The van der Waals surface area contributed by atoms with Crippen LogP contribution in [0.5, 0.6) is 5.75 Å². The van der Waals surface area contributed by atoms with Crippen LogP contribution in [0.1, 0.15) is 16.2 Å². The highest BCUT2D eigenvalue weighted by Gasteiger charge is 2.00. The van der Waals surface area contributed by atoms with Gasteiger partial charge in [0, 0.05) is 23.3 Å². The molecule has 6 heteroatoms. The summed E-state index contributed by atoms with van der Waals surface area (Å²) in [6.07, 6.45) is 0.924. The summed E-state index contributed by atoms with van der Waals surface area (Å²) in [4.78, 5) is 6.87. The van der Waals surface area contributed by atoms with E-state index in [9.17, 15) is 0 Å². The second kappa shape index (κ2) is 11.3. The van der Waals surface area contributed by atoms with Crippen molar-refractivity contribution in [2.45, 2.75) is 19.9 Å². The summed E-state index contributed by atoms with van der Waals surface area (Å²) in [6.45, 7) is 4.45. The molecule has 0 aliphatic rings. The normalized spacial score (nSPS) is 10.8. The van der Waals surface area contributed by atoms with Crippen LogP contribution < -0.4 is 15.4 Å². The quantitative estimate of drug-likeness (QED) is 0.295. The number of nitrogens with zero attached hydrogens (tertiary/aromatic N) is 1. The van der Waals surface area contributed by atoms with Gasteiger partial charge in [0.1, 0.15) is 5.75 Å². The van der Waals surface area contributed by atoms with Crippen LogP contribution in [0.25, 0.3) is 0 Å². The molecule has 1 aromatic heterocycles. The summed E-state index contributed by atoms with van der Waals surface area (Å²) in [6, 6.07) is 14.2. The van der Waals surface area contributed by atoms with Crippen molar-refractivity contribution in [3.63, 3.8) is 0 Å². The van der Waals surface area contributed by atoms with Gasteiger partial charge in [-0.15, -0.1) is 35.3 Å². The zero-order chi connectivity index (χ0) is 15.6. The van der Waals surface area contributed by atoms with E-state index in [1.54, 1.807) is 18.4 Å². The Kier molecular flexibility index (Phi) is 9.70. The Balaban J connectivity index is 0.00000264. The second-order valence-corrected chi connectivity index (χ2v) is 6.25. The van der Waals surface area contributed by atoms with E-state index in [2.05, 4.69) is 34.7 Å². The van der Waals surface area contributed by atoms with Gasteiger partial charge in [-0.1, -0.05) is 18.2 Å². The first-order valence-electron chi connectivity index (χ1n) is 7.45. The largest absolute Gasteiger partial charge is 0.494 e. The molecule has 0 radical (unpaired) electrons. The first-order chi connectivity index (χ1) is 10.8. The zero-order valence-electron chi connectivity index (χ0n) is 13.5. The fraction of sp³-hybridized carbons (Fsp3) is 0.353. The van der Waals surface area contributed by atoms with Crippen molar-refractivity contribution in [1.29, 1.82) is 0 Å². The minimum Gasteiger partial charge on any atom is -0.494 e. The van der Waals surface area contributed by atoms with Gasteiger partial charge >= 0.3 is 0 Å². The van der Waals surface area contributed by atoms with E-state index in [4.69, 9.17) is 4.74 Å². The van der Waals surface area contributed by atoms with Gasteiger partial charge in [0.15, 0.2) is 5.96 Å². The lowest BCUT2D eigenvalue weighted by molar-refractivity contribution is 0.311. The SMILES string of the molecule is CN=C(NCCCOc1ccccc1)NCc1ccc(C)s1.I. The number of rotatable bonds is 7. The van der Waals surface area contributed by atoms with Gasteiger partial charge in [-0.2, -0.15) is 0 Å². The van der Waals surface area contributed by atoms with E-state index in [1.165, 1.54) is 9.75 Å². The lowest BCUT2D eigenvalue weighted by atomic mass is 10.3. The average Bonchev–Trinajstić information content (AvgIpc) is 2.96. The van der Waals surface area contributed by atoms with E-state index in [-0.39, 0.29) is 24.0 Å². The van der Waals surface area contributed by atoms with Gasteiger partial charge < -0.3 is 15.4 Å². The van der Waals surface area contributed by atoms with Gasteiger partial charge in [-0.3, -0.25) is 4.99 Å². The number of benzene rings is 1. The maximum Gasteiger partial charge on any atom is 0.191 e. The summed E-state index contributed by atoms with van der Waals surface area (Å²) in [5, 5.41) is 6.61. The van der Waals surface area contributed by atoms with Crippen molar-refractivity contribution in [2.75, 3.05) is 20.2 Å². The molecule has 0 aliphatic heterocycles. The number of nitrogens with one attached hydrogen (secondary N) is 2. The molecule has 2 N–H and O–H groups in total. The Bertz CT molecular complexity index is 587. The molecule has 0 spiro atoms. The molecule has 23 heavy (non-hydrogen) atoms. The van der Waals surface area contributed by atoms with Crippen LogP contribution in [0.15, 0.2) is 47.5 Å². The third-order valence-corrected chi connectivity index (χ3v) is 4.08. The number of thiophene rings is 1. The molecule has 0 saturated carbocycles. The lowest BCUT2D eigenvalue weighted by Crippen LogP contribution is -2.37. The summed E-state index contributed by atoms with van der Waals surface area (Å²) in [7, 11) is 1.79. The molecule has 126 valence electrons. The lowest BCUT2D eigenvalue weighted by Gasteiger charge is -2.11. The third-order valence-electron chi connectivity index (χ3n) is 3.08. The number of aliphatic imine (C=N–C) groups is 1. The van der Waals surface area contributed by atoms with Crippen LogP contribution in [0.2, 0.25) is 0 Å². The summed E-state index contributed by atoms with van der Waals surface area (Å²) < 4.78 is 5.65. The van der Waals surface area contributed by atoms with E-state index < -0.39 is 0 Å². The smallest absolute Gasteiger partial charge is 0.191 e. The number of guanidine groups is 1. The molecule has 0 unspecified atom stereocenters. The predicted molar refractivity (Wildman–Crippen MR) is 109 cm³/mol. The van der Waals surface area contributed by atoms with Crippen molar-refractivity contribution >= 4 is 41.3 Å². The Morgan fingerprint density at radius 2 is 1.91 bits per heavy atom. The molecule has 0 aliphatic carbocycles. The Hall–Kier alpha value is -1.28. The molecule has 1 heterocycles. The maximum absolute atomic E-state index is 5.65. The minimum absolute atomic E-state index is 0. The first kappa shape index (κ1) is 19.8. The van der Waals surface area contributed by atoms with E-state index in [0.717, 1.165) is 31.2 Å². The molecule has 1 aromatic carbocycles. The van der Waals surface area contributed by atoms with Crippen molar-refractivity contribution in [3.05, 3.63) is 52.2 Å². The van der Waals surface area contributed by atoms with E-state index >= 15 is 0 Å². The van der Waals surface area contributed by atoms with Gasteiger partial charge in [-0.25, -0.2) is 0 Å². The van der Waals surface area contributed by atoms with Crippen molar-refractivity contribution in [1.82, 2.24) is 10.6 Å². The number of hydrogen-bond acceptors (Lipinski definition) is 3. The maximum atomic E-state index is 5.65. The minimum atomic E-state index is 0. The van der Waals surface area contributed by atoms with Gasteiger partial charge in [0.2, 0.25) is 0 Å². The molecule has 0 amide bonds. The number of para-hydroxylation sites is 1. The van der Waals surface area contributed by atoms with Crippen LogP contribution >= 0.6 is 35.3 Å². The van der Waals surface area contributed by atoms with Crippen LogP contribution in [-0.2, 0) is 6.54 Å². The Morgan fingerprint density at radius 3 is 2.57 bits per heavy atom. The standard InChI is InChI=1S/C17H23N3OS.HI/c1-14-9-10-16(22-14)13-20-17(18-2)19-11-6-12-21-15-7-4-3-5-8-15;/h3-5,7-10H,6,11-13H2,1-2H3,(H2,18,19,20);1H. The molecule has 0 saturated heterocycles. The molecule has 0 fully saturated rings. The Morgan fingerprint density at radius 1 is 1.13 bits per heavy atom. The van der Waals surface area contributed by atoms with E-state index in [0.29, 0.717) is 6.61 Å². The number of halogens is 1. The van der Waals surface area contributed by atoms with Crippen LogP contribution in [0, 0.1) is 6.92 Å². The molecular weight excluding hydrogens is 421 g/mol. The number of ether oxygens (including phenoxy) is 1. The zero-order valence-corrected chi connectivity index (χ0v) is 16.7. The van der Waals surface area contributed by atoms with Crippen LogP contribution in [-0.4, -0.2) is 26.2 Å². The molecule has 2 rings (SSSR count). The highest BCUT2D eigenvalue weighted by Crippen LogP contribution is 2.14. The topological polar surface area (TPSA) is 45.7 Å². The monoisotopic (exact) mass is 445 g/mol. The molecule has 4 nitrogen and oxygen atoms in total. The van der Waals surface area contributed by atoms with Crippen LogP contribution in [0.4, 0.5) is 0 Å². The number of aryl methyl sites for hydroxylation is 1. The highest BCUT2D eigenvalue weighted by molar-refractivity contribution is 14.0. The van der Waals surface area contributed by atoms with Crippen molar-refractivity contribution < 1.29 is 4.74 Å². The molecule has 2 aromatic rings. The fourth-order valence-corrected chi connectivity index (χ4v) is 2.79. The van der Waals surface area contributed by atoms with Crippen LogP contribution in [0.3, 0.4) is 0 Å². The number of hydrogen-bond donors (Lipinski definition) is 2. The van der Waals surface area contributed by atoms with Gasteiger partial charge in [0.05, 0.1) is 13.2 Å². The third kappa shape index (κ3) is 7.69. The van der Waals surface area contributed by atoms with Crippen molar-refractivity contribution in [2.24, 2.45) is 4.99 Å². The second-order valence-electron chi connectivity index (χ2n) is 4.88. The summed E-state index contributed by atoms with van der Waals surface area (Å²) in [5.74, 6) is 1.74. The fourth-order valence-electron chi connectivity index (χ4n) is 1.96. The van der Waals surface area contributed by atoms with Gasteiger partial charge in [0.25, 0.3) is 0 Å². The average molecular weight is 445 g/mol. The summed E-state index contributed by atoms with van der Waals surface area (Å²) >= 11 is 1.80. The summed E-state index contributed by atoms with van der Waals surface area (Å²) in [5.41, 5.74) is 0. The highest BCUT2D eigenvalue weighted by atomic mass is 127. The van der Waals surface area contributed by atoms with Crippen molar-refractivity contribution in [3.8, 4) is 5.75 Å². The molecule has 0 atom stereocenters. The molecule has 0 bridgehead atoms. The first-order valence-corrected chi connectivity index (χ1v) is 8.27. The molecular formula is C17H24IN3OS. The van der Waals surface area contributed by atoms with Gasteiger partial charge in [-0.05, 0) is 37.6 Å². The Labute approximate surface area is 159 Å².